The maximum absolute atomic E-state index is 11.2. The van der Waals surface area contributed by atoms with Gasteiger partial charge in [0.25, 0.3) is 0 Å². The van der Waals surface area contributed by atoms with Gasteiger partial charge in [-0.1, -0.05) is 12.1 Å². The van der Waals surface area contributed by atoms with Gasteiger partial charge in [0.1, 0.15) is 11.4 Å². The molecular formula is C13H14N3O3+. The van der Waals surface area contributed by atoms with Crippen LogP contribution in [0, 0.1) is 4.91 Å². The molecule has 0 spiro atoms. The lowest BCUT2D eigenvalue weighted by molar-refractivity contribution is -0.769. The summed E-state index contributed by atoms with van der Waals surface area (Å²) in [6.45, 7) is 3.79. The highest BCUT2D eigenvalue weighted by molar-refractivity contribution is 5.85. The third-order valence-corrected chi connectivity index (χ3v) is 2.80. The molecule has 0 saturated heterocycles. The number of hydrogen-bond acceptors (Lipinski definition) is 3. The van der Waals surface area contributed by atoms with E-state index in [9.17, 15) is 9.70 Å². The molecule has 0 aliphatic carbocycles. The van der Waals surface area contributed by atoms with E-state index in [2.05, 4.69) is 10.3 Å². The SMILES string of the molecule is CC(C)[n+]1[nH]c(-c2ccc(N=O)cc2)cc1C(=O)O. The van der Waals surface area contributed by atoms with Crippen LogP contribution < -0.4 is 4.68 Å². The molecule has 0 bridgehead atoms. The minimum Gasteiger partial charge on any atom is -0.473 e. The molecule has 98 valence electrons. The van der Waals surface area contributed by atoms with Gasteiger partial charge in [-0.15, -0.1) is 9.59 Å². The van der Waals surface area contributed by atoms with Crippen LogP contribution in [0.3, 0.4) is 0 Å². The molecule has 0 amide bonds. The van der Waals surface area contributed by atoms with Crippen molar-refractivity contribution < 1.29 is 14.6 Å². The monoisotopic (exact) mass is 260 g/mol. The number of aromatic carboxylic acids is 1. The van der Waals surface area contributed by atoms with Crippen molar-refractivity contribution in [1.29, 1.82) is 0 Å². The number of aromatic amines is 1. The first-order valence-electron chi connectivity index (χ1n) is 5.84. The maximum atomic E-state index is 11.2. The molecular weight excluding hydrogens is 246 g/mol. The Bertz CT molecular complexity index is 615. The number of nitroso groups, excluding NO2 is 1. The van der Waals surface area contributed by atoms with Crippen LogP contribution in [-0.2, 0) is 0 Å². The molecule has 1 aromatic heterocycles. The predicted octanol–water partition coefficient (Wildman–Crippen LogP) is 2.65. The molecule has 0 radical (unpaired) electrons. The normalized spacial score (nSPS) is 10.7. The number of carboxylic acid groups (broad SMARTS) is 1. The number of benzene rings is 1. The molecule has 6 heteroatoms. The molecule has 0 aliphatic rings. The maximum Gasteiger partial charge on any atom is 0.403 e. The Labute approximate surface area is 109 Å². The number of nitrogens with zero attached hydrogens (tertiary/aromatic N) is 2. The van der Waals surface area contributed by atoms with Crippen LogP contribution in [0.4, 0.5) is 5.69 Å². The van der Waals surface area contributed by atoms with Gasteiger partial charge in [0, 0.05) is 11.6 Å². The van der Waals surface area contributed by atoms with Crippen molar-refractivity contribution in [2.75, 3.05) is 0 Å². The Balaban J connectivity index is 2.47. The van der Waals surface area contributed by atoms with Crippen LogP contribution in [0.1, 0.15) is 30.4 Å². The van der Waals surface area contributed by atoms with Gasteiger partial charge in [-0.25, -0.2) is 4.79 Å². The number of carboxylic acids is 1. The van der Waals surface area contributed by atoms with Crippen LogP contribution in [0.5, 0.6) is 0 Å². The zero-order valence-corrected chi connectivity index (χ0v) is 10.6. The van der Waals surface area contributed by atoms with Crippen molar-refractivity contribution in [1.82, 2.24) is 5.10 Å². The van der Waals surface area contributed by atoms with Gasteiger partial charge in [0.15, 0.2) is 6.04 Å². The molecule has 6 nitrogen and oxygen atoms in total. The Morgan fingerprint density at radius 1 is 1.32 bits per heavy atom. The van der Waals surface area contributed by atoms with E-state index in [1.165, 1.54) is 0 Å². The van der Waals surface area contributed by atoms with E-state index in [-0.39, 0.29) is 11.7 Å². The number of H-pyrrole nitrogens is 1. The van der Waals surface area contributed by atoms with E-state index in [1.54, 1.807) is 35.0 Å². The highest BCUT2D eigenvalue weighted by atomic mass is 16.4. The van der Waals surface area contributed by atoms with E-state index in [0.29, 0.717) is 11.4 Å². The van der Waals surface area contributed by atoms with Crippen LogP contribution in [-0.4, -0.2) is 16.2 Å². The molecule has 2 N–H and O–H groups in total. The fourth-order valence-electron chi connectivity index (χ4n) is 1.85. The number of carbonyl (C=O) groups is 1. The zero-order chi connectivity index (χ0) is 14.0. The Morgan fingerprint density at radius 3 is 2.37 bits per heavy atom. The summed E-state index contributed by atoms with van der Waals surface area (Å²) in [5, 5.41) is 15.0. The highest BCUT2D eigenvalue weighted by Crippen LogP contribution is 2.21. The quantitative estimate of drug-likeness (QED) is 0.654. The first-order chi connectivity index (χ1) is 9.02. The standard InChI is InChI=1S/C13H13N3O3/c1-8(2)16-12(13(17)18)7-11(14-16)9-3-5-10(15-19)6-4-9/h3-8H,1-2H3,(H,17,18)/p+1. The summed E-state index contributed by atoms with van der Waals surface area (Å²) in [6.07, 6.45) is 0. The van der Waals surface area contributed by atoms with Gasteiger partial charge in [-0.05, 0) is 31.2 Å². The topological polar surface area (TPSA) is 86.4 Å². The smallest absolute Gasteiger partial charge is 0.403 e. The van der Waals surface area contributed by atoms with Gasteiger partial charge >= 0.3 is 11.7 Å². The second-order valence-electron chi connectivity index (χ2n) is 4.46. The van der Waals surface area contributed by atoms with Crippen LogP contribution in [0.2, 0.25) is 0 Å². The van der Waals surface area contributed by atoms with E-state index >= 15 is 0 Å². The fourth-order valence-corrected chi connectivity index (χ4v) is 1.85. The van der Waals surface area contributed by atoms with E-state index in [4.69, 9.17) is 5.11 Å². The molecule has 0 aliphatic heterocycles. The average Bonchev–Trinajstić information content (AvgIpc) is 2.84. The largest absolute Gasteiger partial charge is 0.473 e. The number of rotatable bonds is 4. The van der Waals surface area contributed by atoms with Crippen molar-refractivity contribution in [3.8, 4) is 11.3 Å². The first-order valence-corrected chi connectivity index (χ1v) is 5.84. The van der Waals surface area contributed by atoms with Crippen LogP contribution >= 0.6 is 0 Å². The molecule has 0 atom stereocenters. The predicted molar refractivity (Wildman–Crippen MR) is 69.2 cm³/mol. The van der Waals surface area contributed by atoms with E-state index < -0.39 is 5.97 Å². The molecule has 19 heavy (non-hydrogen) atoms. The Kier molecular flexibility index (Phi) is 3.41. The van der Waals surface area contributed by atoms with Gasteiger partial charge < -0.3 is 5.11 Å². The summed E-state index contributed by atoms with van der Waals surface area (Å²) in [5.74, 6) is -0.984. The number of hydrogen-bond donors (Lipinski definition) is 2. The van der Waals surface area contributed by atoms with Crippen molar-refractivity contribution in [3.05, 3.63) is 40.9 Å². The lowest BCUT2D eigenvalue weighted by atomic mass is 10.1. The summed E-state index contributed by atoms with van der Waals surface area (Å²) >= 11 is 0. The van der Waals surface area contributed by atoms with E-state index in [1.807, 2.05) is 13.8 Å². The summed E-state index contributed by atoms with van der Waals surface area (Å²) in [6, 6.07) is 8.20. The minimum absolute atomic E-state index is 0.00997. The summed E-state index contributed by atoms with van der Waals surface area (Å²) in [7, 11) is 0. The lowest BCUT2D eigenvalue weighted by Gasteiger charge is -1.97. The number of aromatic nitrogens is 2. The summed E-state index contributed by atoms with van der Waals surface area (Å²) < 4.78 is 1.59. The van der Waals surface area contributed by atoms with Gasteiger partial charge in [-0.2, -0.15) is 5.10 Å². The molecule has 1 aromatic carbocycles. The zero-order valence-electron chi connectivity index (χ0n) is 10.6. The summed E-state index contributed by atoms with van der Waals surface area (Å²) in [4.78, 5) is 21.5. The van der Waals surface area contributed by atoms with Crippen molar-refractivity contribution in [2.45, 2.75) is 19.9 Å². The average molecular weight is 260 g/mol. The Morgan fingerprint density at radius 2 is 1.95 bits per heavy atom. The fraction of sp³-hybridized carbons (Fsp3) is 0.231. The van der Waals surface area contributed by atoms with Gasteiger partial charge in [-0.3, -0.25) is 0 Å². The summed E-state index contributed by atoms with van der Waals surface area (Å²) in [5.41, 5.74) is 2.02. The molecule has 2 rings (SSSR count). The van der Waals surface area contributed by atoms with Crippen LogP contribution in [0.25, 0.3) is 11.3 Å². The second kappa shape index (κ2) is 5.01. The molecule has 1 heterocycles. The first kappa shape index (κ1) is 12.9. The van der Waals surface area contributed by atoms with E-state index in [0.717, 1.165) is 5.56 Å². The third-order valence-electron chi connectivity index (χ3n) is 2.80. The Hall–Kier alpha value is -2.50. The second-order valence-corrected chi connectivity index (χ2v) is 4.46. The lowest BCUT2D eigenvalue weighted by Crippen LogP contribution is -2.43. The van der Waals surface area contributed by atoms with Crippen molar-refractivity contribution in [2.24, 2.45) is 5.18 Å². The van der Waals surface area contributed by atoms with Crippen molar-refractivity contribution in [3.63, 3.8) is 0 Å². The molecule has 0 fully saturated rings. The number of nitrogens with one attached hydrogen (secondary N) is 1. The molecule has 0 saturated carbocycles. The third kappa shape index (κ3) is 2.52. The van der Waals surface area contributed by atoms with Crippen LogP contribution in [0.15, 0.2) is 35.5 Å². The van der Waals surface area contributed by atoms with Crippen molar-refractivity contribution >= 4 is 11.7 Å². The molecule has 0 unspecified atom stereocenters. The minimum atomic E-state index is -0.984. The van der Waals surface area contributed by atoms with Gasteiger partial charge in [0.05, 0.1) is 0 Å². The van der Waals surface area contributed by atoms with Gasteiger partial charge in [0.2, 0.25) is 0 Å². The highest BCUT2D eigenvalue weighted by Gasteiger charge is 2.25. The molecule has 2 aromatic rings.